The molecule has 0 bridgehead atoms. The van der Waals surface area contributed by atoms with Gasteiger partial charge in [0.05, 0.1) is 17.8 Å². The highest BCUT2D eigenvalue weighted by atomic mass is 32.1. The molecular weight excluding hydrogens is 236 g/mol. The van der Waals surface area contributed by atoms with E-state index in [1.165, 1.54) is 7.11 Å². The number of hydrogen-bond acceptors (Lipinski definition) is 5. The van der Waals surface area contributed by atoms with Gasteiger partial charge in [-0.25, -0.2) is 9.78 Å². The van der Waals surface area contributed by atoms with Crippen molar-refractivity contribution in [1.29, 1.82) is 0 Å². The third kappa shape index (κ3) is 5.10. The number of nitrogens with one attached hydrogen (secondary N) is 1. The van der Waals surface area contributed by atoms with E-state index in [0.29, 0.717) is 12.1 Å². The van der Waals surface area contributed by atoms with Crippen LogP contribution in [0.15, 0.2) is 17.0 Å². The Morgan fingerprint density at radius 2 is 2.41 bits per heavy atom. The molecule has 4 nitrogen and oxygen atoms in total. The van der Waals surface area contributed by atoms with Crippen molar-refractivity contribution in [3.05, 3.63) is 27.7 Å². The monoisotopic (exact) mass is 254 g/mol. The predicted octanol–water partition coefficient (Wildman–Crippen LogP) is 1.70. The molecule has 17 heavy (non-hydrogen) atoms. The number of hydrogen-bond donors (Lipinski definition) is 1. The van der Waals surface area contributed by atoms with E-state index in [2.05, 4.69) is 20.4 Å². The Labute approximate surface area is 106 Å². The molecular formula is C12H18N2O2S. The first-order chi connectivity index (χ1) is 8.13. The summed E-state index contributed by atoms with van der Waals surface area (Å²) >= 11 is 1.67. The first kappa shape index (κ1) is 13.9. The van der Waals surface area contributed by atoms with Gasteiger partial charge in [0, 0.05) is 30.5 Å². The zero-order valence-electron chi connectivity index (χ0n) is 10.4. The Bertz CT molecular complexity index is 399. The molecule has 1 N–H and O–H groups in total. The second-order valence-electron chi connectivity index (χ2n) is 3.69. The molecule has 0 fully saturated rings. The van der Waals surface area contributed by atoms with Gasteiger partial charge in [0.15, 0.2) is 0 Å². The van der Waals surface area contributed by atoms with E-state index in [9.17, 15) is 4.79 Å². The summed E-state index contributed by atoms with van der Waals surface area (Å²) in [6.45, 7) is 5.28. The molecule has 1 rings (SSSR count). The number of nitrogens with zero attached hydrogens (tertiary/aromatic N) is 1. The van der Waals surface area contributed by atoms with Gasteiger partial charge >= 0.3 is 5.97 Å². The van der Waals surface area contributed by atoms with Crippen LogP contribution >= 0.6 is 11.3 Å². The number of aryl methyl sites for hydroxylation is 1. The van der Waals surface area contributed by atoms with Crippen molar-refractivity contribution in [3.63, 3.8) is 0 Å². The summed E-state index contributed by atoms with van der Waals surface area (Å²) in [6.07, 6.45) is 2.74. The molecule has 0 aliphatic rings. The number of esters is 1. The molecule has 0 radical (unpaired) electrons. The highest BCUT2D eigenvalue weighted by Gasteiger charge is 2.01. The van der Waals surface area contributed by atoms with Crippen LogP contribution in [-0.4, -0.2) is 31.2 Å². The second kappa shape index (κ2) is 7.19. The third-order valence-electron chi connectivity index (χ3n) is 2.28. The molecule has 5 heteroatoms. The van der Waals surface area contributed by atoms with Gasteiger partial charge < -0.3 is 10.1 Å². The van der Waals surface area contributed by atoms with Crippen LogP contribution < -0.4 is 5.32 Å². The summed E-state index contributed by atoms with van der Waals surface area (Å²) in [7, 11) is 1.39. The molecule has 94 valence electrons. The first-order valence-corrected chi connectivity index (χ1v) is 6.38. The SMILES string of the molecule is COC(=O)C(C)=CCNCCc1csc(C)n1. The molecule has 0 amide bonds. The van der Waals surface area contributed by atoms with E-state index < -0.39 is 0 Å². The molecule has 1 heterocycles. The second-order valence-corrected chi connectivity index (χ2v) is 4.75. The zero-order valence-corrected chi connectivity index (χ0v) is 11.3. The molecule has 1 aromatic heterocycles. The lowest BCUT2D eigenvalue weighted by molar-refractivity contribution is -0.136. The van der Waals surface area contributed by atoms with Gasteiger partial charge in [0.25, 0.3) is 0 Å². The fraction of sp³-hybridized carbons (Fsp3) is 0.500. The van der Waals surface area contributed by atoms with Crippen molar-refractivity contribution in [2.45, 2.75) is 20.3 Å². The van der Waals surface area contributed by atoms with Crippen LogP contribution in [0.2, 0.25) is 0 Å². The number of ether oxygens (including phenoxy) is 1. The predicted molar refractivity (Wildman–Crippen MR) is 69.2 cm³/mol. The molecule has 0 atom stereocenters. The smallest absolute Gasteiger partial charge is 0.333 e. The number of thiazole rings is 1. The van der Waals surface area contributed by atoms with Gasteiger partial charge in [-0.2, -0.15) is 0 Å². The van der Waals surface area contributed by atoms with Crippen molar-refractivity contribution in [2.75, 3.05) is 20.2 Å². The zero-order chi connectivity index (χ0) is 12.7. The fourth-order valence-corrected chi connectivity index (χ4v) is 1.96. The quantitative estimate of drug-likeness (QED) is 0.477. The van der Waals surface area contributed by atoms with Crippen LogP contribution in [-0.2, 0) is 16.0 Å². The standard InChI is InChI=1S/C12H18N2O2S/c1-9(12(15)16-3)4-6-13-7-5-11-8-17-10(2)14-11/h4,8,13H,5-7H2,1-3H3. The Balaban J connectivity index is 2.18. The summed E-state index contributed by atoms with van der Waals surface area (Å²) in [5.74, 6) is -0.276. The normalized spacial score (nSPS) is 11.6. The molecule has 0 aliphatic heterocycles. The van der Waals surface area contributed by atoms with Crippen molar-refractivity contribution in [2.24, 2.45) is 0 Å². The van der Waals surface area contributed by atoms with Crippen molar-refractivity contribution in [1.82, 2.24) is 10.3 Å². The van der Waals surface area contributed by atoms with E-state index in [0.717, 1.165) is 23.7 Å². The van der Waals surface area contributed by atoms with Gasteiger partial charge in [-0.05, 0) is 13.8 Å². The van der Waals surface area contributed by atoms with Gasteiger partial charge in [-0.15, -0.1) is 11.3 Å². The molecule has 0 aromatic carbocycles. The summed E-state index contributed by atoms with van der Waals surface area (Å²) in [5, 5.41) is 6.41. The van der Waals surface area contributed by atoms with Gasteiger partial charge in [0.1, 0.15) is 0 Å². The number of carbonyl (C=O) groups excluding carboxylic acids is 1. The van der Waals surface area contributed by atoms with Crippen LogP contribution in [0.25, 0.3) is 0 Å². The van der Waals surface area contributed by atoms with Crippen molar-refractivity contribution >= 4 is 17.3 Å². The van der Waals surface area contributed by atoms with Crippen LogP contribution in [0.5, 0.6) is 0 Å². The molecule has 0 unspecified atom stereocenters. The van der Waals surface area contributed by atoms with E-state index in [1.54, 1.807) is 18.3 Å². The van der Waals surface area contributed by atoms with Gasteiger partial charge in [-0.3, -0.25) is 0 Å². The Morgan fingerprint density at radius 1 is 1.65 bits per heavy atom. The van der Waals surface area contributed by atoms with E-state index >= 15 is 0 Å². The maximum absolute atomic E-state index is 11.1. The lowest BCUT2D eigenvalue weighted by Crippen LogP contribution is -2.18. The first-order valence-electron chi connectivity index (χ1n) is 5.50. The minimum absolute atomic E-state index is 0.276. The molecule has 0 saturated carbocycles. The average molecular weight is 254 g/mol. The van der Waals surface area contributed by atoms with E-state index in [-0.39, 0.29) is 5.97 Å². The van der Waals surface area contributed by atoms with Crippen molar-refractivity contribution < 1.29 is 9.53 Å². The van der Waals surface area contributed by atoms with Crippen LogP contribution in [0.3, 0.4) is 0 Å². The fourth-order valence-electron chi connectivity index (χ4n) is 1.31. The van der Waals surface area contributed by atoms with E-state index in [4.69, 9.17) is 0 Å². The lowest BCUT2D eigenvalue weighted by Gasteiger charge is -2.01. The van der Waals surface area contributed by atoms with Crippen LogP contribution in [0.4, 0.5) is 0 Å². The molecule has 0 saturated heterocycles. The largest absolute Gasteiger partial charge is 0.466 e. The number of methoxy groups -OCH3 is 1. The molecule has 0 spiro atoms. The molecule has 0 aliphatic carbocycles. The highest BCUT2D eigenvalue weighted by molar-refractivity contribution is 7.09. The number of aromatic nitrogens is 1. The third-order valence-corrected chi connectivity index (χ3v) is 3.11. The maximum atomic E-state index is 11.1. The minimum atomic E-state index is -0.276. The average Bonchev–Trinajstić information content (AvgIpc) is 2.73. The maximum Gasteiger partial charge on any atom is 0.333 e. The van der Waals surface area contributed by atoms with Gasteiger partial charge in [0.2, 0.25) is 0 Å². The number of rotatable bonds is 6. The van der Waals surface area contributed by atoms with Gasteiger partial charge in [-0.1, -0.05) is 6.08 Å². The Morgan fingerprint density at radius 3 is 3.00 bits per heavy atom. The summed E-state index contributed by atoms with van der Waals surface area (Å²) in [4.78, 5) is 15.4. The Hall–Kier alpha value is -1.20. The topological polar surface area (TPSA) is 51.2 Å². The van der Waals surface area contributed by atoms with Crippen LogP contribution in [0, 0.1) is 6.92 Å². The highest BCUT2D eigenvalue weighted by Crippen LogP contribution is 2.07. The molecule has 1 aromatic rings. The van der Waals surface area contributed by atoms with E-state index in [1.807, 2.05) is 13.0 Å². The van der Waals surface area contributed by atoms with Crippen molar-refractivity contribution in [3.8, 4) is 0 Å². The van der Waals surface area contributed by atoms with Crippen LogP contribution in [0.1, 0.15) is 17.6 Å². The number of carbonyl (C=O) groups is 1. The Kier molecular flexibility index (Phi) is 5.86. The minimum Gasteiger partial charge on any atom is -0.466 e. The lowest BCUT2D eigenvalue weighted by atomic mass is 10.3. The summed E-state index contributed by atoms with van der Waals surface area (Å²) in [5.41, 5.74) is 1.75. The summed E-state index contributed by atoms with van der Waals surface area (Å²) in [6, 6.07) is 0. The summed E-state index contributed by atoms with van der Waals surface area (Å²) < 4.78 is 4.60.